The van der Waals surface area contributed by atoms with Gasteiger partial charge in [-0.1, -0.05) is 182 Å². The number of hydrogen-bond donors (Lipinski definition) is 0. The van der Waals surface area contributed by atoms with Crippen molar-refractivity contribution in [2.24, 2.45) is 0 Å². The highest BCUT2D eigenvalue weighted by Gasteiger charge is 2.34. The molecule has 0 atom stereocenters. The van der Waals surface area contributed by atoms with Crippen LogP contribution < -0.4 is 4.90 Å². The Balaban J connectivity index is 1.33. The van der Waals surface area contributed by atoms with Crippen molar-refractivity contribution in [2.45, 2.75) is 13.3 Å². The Labute approximate surface area is 338 Å². The van der Waals surface area contributed by atoms with Crippen molar-refractivity contribution in [3.8, 4) is 55.6 Å². The van der Waals surface area contributed by atoms with E-state index in [9.17, 15) is 0 Å². The summed E-state index contributed by atoms with van der Waals surface area (Å²) in [5.74, 6) is 0. The van der Waals surface area contributed by atoms with Crippen LogP contribution in [0.25, 0.3) is 77.6 Å². The second-order valence-corrected chi connectivity index (χ2v) is 15.2. The van der Waals surface area contributed by atoms with Crippen molar-refractivity contribution >= 4 is 39.0 Å². The van der Waals surface area contributed by atoms with Crippen molar-refractivity contribution in [2.75, 3.05) is 4.90 Å². The van der Waals surface area contributed by atoms with Gasteiger partial charge < -0.3 is 9.32 Å². The van der Waals surface area contributed by atoms with Crippen LogP contribution in [-0.4, -0.2) is 0 Å². The standard InChI is InChI=1S/C56H39NO/c1-37-52(39-22-7-3-8-23-39)54(40-24-9-4-10-25-40)56(47-36-41-26-11-12-28-43(41)53(37)47)57(48-32-16-13-27-42(48)38-20-5-2-6-21-38)49-33-17-14-29-44(49)45-31-19-35-51-55(45)46-30-15-18-34-50(46)58-51/h2-35H,36H2,1H3. The number of nitrogens with zero attached hydrogens (tertiary/aromatic N) is 1. The first-order valence-corrected chi connectivity index (χ1v) is 20.1. The van der Waals surface area contributed by atoms with Gasteiger partial charge in [0.2, 0.25) is 0 Å². The number of benzene rings is 9. The predicted octanol–water partition coefficient (Wildman–Crippen LogP) is 15.6. The maximum atomic E-state index is 6.50. The fraction of sp³-hybridized carbons (Fsp3) is 0.0357. The first-order valence-electron chi connectivity index (χ1n) is 20.1. The fourth-order valence-corrected chi connectivity index (χ4v) is 9.47. The number of furan rings is 1. The minimum atomic E-state index is 0.824. The smallest absolute Gasteiger partial charge is 0.136 e. The van der Waals surface area contributed by atoms with Crippen LogP contribution in [0.3, 0.4) is 0 Å². The van der Waals surface area contributed by atoms with Crippen LogP contribution in [0.5, 0.6) is 0 Å². The molecule has 1 heterocycles. The van der Waals surface area contributed by atoms with Gasteiger partial charge in [-0.25, -0.2) is 0 Å². The van der Waals surface area contributed by atoms with Crippen LogP contribution in [0.2, 0.25) is 0 Å². The van der Waals surface area contributed by atoms with Crippen molar-refractivity contribution in [1.82, 2.24) is 0 Å². The number of anilines is 3. The molecular weight excluding hydrogens is 703 g/mol. The lowest BCUT2D eigenvalue weighted by molar-refractivity contribution is 0.669. The highest BCUT2D eigenvalue weighted by Crippen LogP contribution is 2.57. The van der Waals surface area contributed by atoms with E-state index in [1.165, 1.54) is 61.3 Å². The van der Waals surface area contributed by atoms with Crippen LogP contribution in [0, 0.1) is 6.92 Å². The normalized spacial score (nSPS) is 11.8. The minimum Gasteiger partial charge on any atom is -0.456 e. The molecule has 0 N–H and O–H groups in total. The number of fused-ring (bicyclic) bond motifs is 6. The topological polar surface area (TPSA) is 16.4 Å². The van der Waals surface area contributed by atoms with Gasteiger partial charge in [0.15, 0.2) is 0 Å². The third kappa shape index (κ3) is 5.41. The van der Waals surface area contributed by atoms with Crippen molar-refractivity contribution in [3.05, 3.63) is 223 Å². The molecule has 0 saturated heterocycles. The monoisotopic (exact) mass is 741 g/mol. The summed E-state index contributed by atoms with van der Waals surface area (Å²) in [5.41, 5.74) is 21.3. The van der Waals surface area contributed by atoms with E-state index in [-0.39, 0.29) is 0 Å². The van der Waals surface area contributed by atoms with Crippen LogP contribution in [-0.2, 0) is 6.42 Å². The average molecular weight is 742 g/mol. The van der Waals surface area contributed by atoms with Gasteiger partial charge in [0, 0.05) is 33.9 Å². The Hall–Kier alpha value is -7.42. The van der Waals surface area contributed by atoms with Crippen LogP contribution in [0.1, 0.15) is 16.7 Å². The van der Waals surface area contributed by atoms with Crippen LogP contribution in [0.15, 0.2) is 211 Å². The maximum Gasteiger partial charge on any atom is 0.136 e. The van der Waals surface area contributed by atoms with Gasteiger partial charge in [-0.15, -0.1) is 0 Å². The molecule has 11 rings (SSSR count). The lowest BCUT2D eigenvalue weighted by atomic mass is 9.82. The van der Waals surface area contributed by atoms with Gasteiger partial charge in [0.25, 0.3) is 0 Å². The summed E-state index contributed by atoms with van der Waals surface area (Å²) in [7, 11) is 0. The molecule has 2 nitrogen and oxygen atoms in total. The van der Waals surface area contributed by atoms with Gasteiger partial charge in [-0.3, -0.25) is 0 Å². The summed E-state index contributed by atoms with van der Waals surface area (Å²) >= 11 is 0. The summed E-state index contributed by atoms with van der Waals surface area (Å²) in [6.07, 6.45) is 0.824. The second-order valence-electron chi connectivity index (χ2n) is 15.2. The SMILES string of the molecule is Cc1c2c(c(N(c3ccccc3-c3ccccc3)c3ccccc3-c3cccc4oc5ccccc5c34)c(-c3ccccc3)c1-c1ccccc1)Cc1ccccc1-2. The van der Waals surface area contributed by atoms with E-state index in [2.05, 4.69) is 212 Å². The molecule has 1 aromatic heterocycles. The summed E-state index contributed by atoms with van der Waals surface area (Å²) < 4.78 is 6.50. The zero-order chi connectivity index (χ0) is 38.6. The minimum absolute atomic E-state index is 0.824. The second kappa shape index (κ2) is 14.0. The van der Waals surface area contributed by atoms with Crippen molar-refractivity contribution in [1.29, 1.82) is 0 Å². The Morgan fingerprint density at radius 3 is 1.64 bits per heavy atom. The quantitative estimate of drug-likeness (QED) is 0.162. The molecule has 0 saturated carbocycles. The van der Waals surface area contributed by atoms with E-state index in [1.54, 1.807) is 0 Å². The lowest BCUT2D eigenvalue weighted by Crippen LogP contribution is -2.17. The zero-order valence-corrected chi connectivity index (χ0v) is 32.2. The fourth-order valence-electron chi connectivity index (χ4n) is 9.47. The number of para-hydroxylation sites is 3. The molecule has 274 valence electrons. The molecule has 0 aliphatic heterocycles. The molecule has 0 radical (unpaired) electrons. The van der Waals surface area contributed by atoms with E-state index >= 15 is 0 Å². The van der Waals surface area contributed by atoms with Crippen LogP contribution >= 0.6 is 0 Å². The lowest BCUT2D eigenvalue weighted by Gasteiger charge is -2.35. The number of hydrogen-bond acceptors (Lipinski definition) is 2. The van der Waals surface area contributed by atoms with Crippen molar-refractivity contribution in [3.63, 3.8) is 0 Å². The molecule has 1 aliphatic rings. The van der Waals surface area contributed by atoms with Gasteiger partial charge in [-0.2, -0.15) is 0 Å². The molecule has 10 aromatic rings. The molecule has 9 aromatic carbocycles. The van der Waals surface area contributed by atoms with Gasteiger partial charge in [0.1, 0.15) is 11.2 Å². The summed E-state index contributed by atoms with van der Waals surface area (Å²) in [4.78, 5) is 2.59. The Morgan fingerprint density at radius 2 is 0.914 bits per heavy atom. The van der Waals surface area contributed by atoms with Gasteiger partial charge in [0.05, 0.1) is 17.1 Å². The van der Waals surface area contributed by atoms with Crippen LogP contribution in [0.4, 0.5) is 17.1 Å². The van der Waals surface area contributed by atoms with Crippen molar-refractivity contribution < 1.29 is 4.42 Å². The summed E-state index contributed by atoms with van der Waals surface area (Å²) in [5, 5.41) is 2.23. The molecule has 2 heteroatoms. The molecule has 0 bridgehead atoms. The predicted molar refractivity (Wildman–Crippen MR) is 243 cm³/mol. The van der Waals surface area contributed by atoms with Gasteiger partial charge >= 0.3 is 0 Å². The Bertz CT molecular complexity index is 3140. The average Bonchev–Trinajstić information content (AvgIpc) is 3.88. The Kier molecular flexibility index (Phi) is 8.15. The largest absolute Gasteiger partial charge is 0.456 e. The summed E-state index contributed by atoms with van der Waals surface area (Å²) in [6, 6.07) is 74.6. The molecule has 0 fully saturated rings. The first-order chi connectivity index (χ1) is 28.7. The van der Waals surface area contributed by atoms with E-state index in [0.717, 1.165) is 56.4 Å². The van der Waals surface area contributed by atoms with E-state index in [4.69, 9.17) is 4.42 Å². The third-order valence-electron chi connectivity index (χ3n) is 11.9. The Morgan fingerprint density at radius 1 is 0.397 bits per heavy atom. The molecule has 0 amide bonds. The molecule has 0 spiro atoms. The molecular formula is C56H39NO. The van der Waals surface area contributed by atoms with E-state index in [1.807, 2.05) is 6.07 Å². The first kappa shape index (κ1) is 33.9. The maximum absolute atomic E-state index is 6.50. The molecule has 1 aliphatic carbocycles. The number of rotatable bonds is 7. The summed E-state index contributed by atoms with van der Waals surface area (Å²) in [6.45, 7) is 2.33. The van der Waals surface area contributed by atoms with Gasteiger partial charge in [-0.05, 0) is 86.8 Å². The highest BCUT2D eigenvalue weighted by atomic mass is 16.3. The zero-order valence-electron chi connectivity index (χ0n) is 32.2. The third-order valence-corrected chi connectivity index (χ3v) is 11.9. The molecule has 0 unspecified atom stereocenters. The van der Waals surface area contributed by atoms with E-state index in [0.29, 0.717) is 0 Å². The van der Waals surface area contributed by atoms with E-state index < -0.39 is 0 Å². The molecule has 58 heavy (non-hydrogen) atoms. The highest BCUT2D eigenvalue weighted by molar-refractivity contribution is 6.15.